The van der Waals surface area contributed by atoms with E-state index in [1.165, 1.54) is 11.1 Å². The van der Waals surface area contributed by atoms with Gasteiger partial charge in [-0.1, -0.05) is 39.8 Å². The Hall–Kier alpha value is -1.02. The van der Waals surface area contributed by atoms with Crippen molar-refractivity contribution < 1.29 is 4.74 Å². The Labute approximate surface area is 106 Å². The third-order valence-electron chi connectivity index (χ3n) is 3.06. The van der Waals surface area contributed by atoms with E-state index < -0.39 is 0 Å². The second kappa shape index (κ2) is 5.54. The monoisotopic (exact) mass is 235 g/mol. The zero-order chi connectivity index (χ0) is 13.1. The first-order valence-corrected chi connectivity index (χ1v) is 6.24. The fourth-order valence-electron chi connectivity index (χ4n) is 1.86. The summed E-state index contributed by atoms with van der Waals surface area (Å²) in [5, 5.41) is 0. The van der Waals surface area contributed by atoms with Crippen molar-refractivity contribution in [2.24, 2.45) is 0 Å². The SMILES string of the molecule is CCN(C)Cc1ccc(OC)c(C(C)(C)C)c1. The average Bonchev–Trinajstić information content (AvgIpc) is 2.27. The maximum absolute atomic E-state index is 5.44. The summed E-state index contributed by atoms with van der Waals surface area (Å²) in [6.07, 6.45) is 0. The maximum Gasteiger partial charge on any atom is 0.122 e. The van der Waals surface area contributed by atoms with Crippen LogP contribution in [0.2, 0.25) is 0 Å². The minimum absolute atomic E-state index is 0.117. The Bertz CT molecular complexity index is 366. The molecule has 1 aromatic carbocycles. The molecule has 0 fully saturated rings. The summed E-state index contributed by atoms with van der Waals surface area (Å²) in [6.45, 7) is 10.9. The highest BCUT2D eigenvalue weighted by Crippen LogP contribution is 2.32. The molecule has 0 aliphatic rings. The van der Waals surface area contributed by atoms with E-state index in [2.05, 4.69) is 57.8 Å². The Morgan fingerprint density at radius 3 is 2.35 bits per heavy atom. The largest absolute Gasteiger partial charge is 0.496 e. The minimum Gasteiger partial charge on any atom is -0.496 e. The Morgan fingerprint density at radius 1 is 1.24 bits per heavy atom. The van der Waals surface area contributed by atoms with Gasteiger partial charge in [0.2, 0.25) is 0 Å². The summed E-state index contributed by atoms with van der Waals surface area (Å²) in [5.41, 5.74) is 2.74. The van der Waals surface area contributed by atoms with Crippen LogP contribution in [0.3, 0.4) is 0 Å². The van der Waals surface area contributed by atoms with Crippen LogP contribution in [0.1, 0.15) is 38.8 Å². The highest BCUT2D eigenvalue weighted by Gasteiger charge is 2.19. The van der Waals surface area contributed by atoms with E-state index >= 15 is 0 Å². The van der Waals surface area contributed by atoms with Gasteiger partial charge in [-0.05, 0) is 36.2 Å². The predicted molar refractivity (Wildman–Crippen MR) is 73.7 cm³/mol. The molecular formula is C15H25NO. The smallest absolute Gasteiger partial charge is 0.122 e. The number of benzene rings is 1. The molecule has 2 nitrogen and oxygen atoms in total. The summed E-state index contributed by atoms with van der Waals surface area (Å²) in [7, 11) is 3.88. The van der Waals surface area contributed by atoms with Gasteiger partial charge < -0.3 is 9.64 Å². The predicted octanol–water partition coefficient (Wildman–Crippen LogP) is 3.44. The second-order valence-electron chi connectivity index (χ2n) is 5.62. The van der Waals surface area contributed by atoms with Gasteiger partial charge in [-0.15, -0.1) is 0 Å². The molecule has 0 aromatic heterocycles. The standard InChI is InChI=1S/C15H25NO/c1-7-16(5)11-12-8-9-14(17-6)13(10-12)15(2,3)4/h8-10H,7,11H2,1-6H3. The van der Waals surface area contributed by atoms with E-state index in [1.807, 2.05) is 0 Å². The molecule has 1 aromatic rings. The molecule has 0 aliphatic carbocycles. The molecule has 0 atom stereocenters. The maximum atomic E-state index is 5.44. The number of nitrogens with zero attached hydrogens (tertiary/aromatic N) is 1. The molecule has 0 amide bonds. The van der Waals surface area contributed by atoms with E-state index in [4.69, 9.17) is 4.74 Å². The van der Waals surface area contributed by atoms with Crippen LogP contribution in [0, 0.1) is 0 Å². The number of methoxy groups -OCH3 is 1. The summed E-state index contributed by atoms with van der Waals surface area (Å²) in [6, 6.07) is 6.50. The highest BCUT2D eigenvalue weighted by molar-refractivity contribution is 5.41. The molecule has 0 saturated carbocycles. The number of ether oxygens (including phenoxy) is 1. The van der Waals surface area contributed by atoms with Gasteiger partial charge in [0.1, 0.15) is 5.75 Å². The van der Waals surface area contributed by atoms with Crippen LogP contribution in [-0.2, 0) is 12.0 Å². The van der Waals surface area contributed by atoms with Crippen LogP contribution in [-0.4, -0.2) is 25.6 Å². The van der Waals surface area contributed by atoms with Crippen molar-refractivity contribution in [3.8, 4) is 5.75 Å². The van der Waals surface area contributed by atoms with Gasteiger partial charge in [0.15, 0.2) is 0 Å². The van der Waals surface area contributed by atoms with Crippen LogP contribution < -0.4 is 4.74 Å². The van der Waals surface area contributed by atoms with Crippen molar-refractivity contribution in [2.45, 2.75) is 39.7 Å². The van der Waals surface area contributed by atoms with E-state index in [1.54, 1.807) is 7.11 Å². The van der Waals surface area contributed by atoms with Crippen LogP contribution in [0.15, 0.2) is 18.2 Å². The Balaban J connectivity index is 3.05. The zero-order valence-corrected chi connectivity index (χ0v) is 12.0. The van der Waals surface area contributed by atoms with Crippen LogP contribution in [0.4, 0.5) is 0 Å². The van der Waals surface area contributed by atoms with Crippen molar-refractivity contribution in [2.75, 3.05) is 20.7 Å². The van der Waals surface area contributed by atoms with E-state index in [0.717, 1.165) is 18.8 Å². The normalized spacial score (nSPS) is 11.9. The molecule has 1 rings (SSSR count). The molecule has 0 bridgehead atoms. The lowest BCUT2D eigenvalue weighted by Crippen LogP contribution is -2.18. The fourth-order valence-corrected chi connectivity index (χ4v) is 1.86. The first-order chi connectivity index (χ1) is 7.88. The Kier molecular flexibility index (Phi) is 4.58. The molecule has 96 valence electrons. The van der Waals surface area contributed by atoms with Crippen molar-refractivity contribution in [1.82, 2.24) is 4.90 Å². The summed E-state index contributed by atoms with van der Waals surface area (Å²) >= 11 is 0. The first-order valence-electron chi connectivity index (χ1n) is 6.24. The van der Waals surface area contributed by atoms with E-state index in [9.17, 15) is 0 Å². The first kappa shape index (κ1) is 14.0. The average molecular weight is 235 g/mol. The lowest BCUT2D eigenvalue weighted by Gasteiger charge is -2.24. The molecule has 0 radical (unpaired) electrons. The van der Waals surface area contributed by atoms with Gasteiger partial charge in [-0.25, -0.2) is 0 Å². The highest BCUT2D eigenvalue weighted by atomic mass is 16.5. The lowest BCUT2D eigenvalue weighted by molar-refractivity contribution is 0.344. The Morgan fingerprint density at radius 2 is 1.88 bits per heavy atom. The molecule has 0 unspecified atom stereocenters. The third kappa shape index (κ3) is 3.74. The van der Waals surface area contributed by atoms with Crippen LogP contribution in [0.5, 0.6) is 5.75 Å². The van der Waals surface area contributed by atoms with Gasteiger partial charge in [0, 0.05) is 6.54 Å². The van der Waals surface area contributed by atoms with Gasteiger partial charge in [0.05, 0.1) is 7.11 Å². The second-order valence-corrected chi connectivity index (χ2v) is 5.62. The quantitative estimate of drug-likeness (QED) is 0.792. The van der Waals surface area contributed by atoms with Crippen LogP contribution in [0.25, 0.3) is 0 Å². The van der Waals surface area contributed by atoms with Crippen LogP contribution >= 0.6 is 0 Å². The van der Waals surface area contributed by atoms with Crippen molar-refractivity contribution in [3.63, 3.8) is 0 Å². The zero-order valence-electron chi connectivity index (χ0n) is 12.0. The summed E-state index contributed by atoms with van der Waals surface area (Å²) < 4.78 is 5.44. The molecule has 17 heavy (non-hydrogen) atoms. The third-order valence-corrected chi connectivity index (χ3v) is 3.06. The fraction of sp³-hybridized carbons (Fsp3) is 0.600. The molecule has 0 spiro atoms. The summed E-state index contributed by atoms with van der Waals surface area (Å²) in [4.78, 5) is 2.30. The molecule has 0 aliphatic heterocycles. The molecule has 0 heterocycles. The van der Waals surface area contributed by atoms with Crippen molar-refractivity contribution in [3.05, 3.63) is 29.3 Å². The molecule has 0 saturated heterocycles. The van der Waals surface area contributed by atoms with Gasteiger partial charge in [-0.2, -0.15) is 0 Å². The van der Waals surface area contributed by atoms with Gasteiger partial charge >= 0.3 is 0 Å². The minimum atomic E-state index is 0.117. The molecule has 2 heteroatoms. The topological polar surface area (TPSA) is 12.5 Å². The molecular weight excluding hydrogens is 210 g/mol. The molecule has 0 N–H and O–H groups in total. The van der Waals surface area contributed by atoms with Gasteiger partial charge in [-0.3, -0.25) is 0 Å². The number of rotatable bonds is 4. The van der Waals surface area contributed by atoms with Crippen molar-refractivity contribution >= 4 is 0 Å². The van der Waals surface area contributed by atoms with E-state index in [-0.39, 0.29) is 5.41 Å². The van der Waals surface area contributed by atoms with Crippen molar-refractivity contribution in [1.29, 1.82) is 0 Å². The lowest BCUT2D eigenvalue weighted by atomic mass is 9.85. The number of hydrogen-bond acceptors (Lipinski definition) is 2. The summed E-state index contributed by atoms with van der Waals surface area (Å²) in [5.74, 6) is 0.986. The van der Waals surface area contributed by atoms with E-state index in [0.29, 0.717) is 0 Å². The van der Waals surface area contributed by atoms with Gasteiger partial charge in [0.25, 0.3) is 0 Å². The number of hydrogen-bond donors (Lipinski definition) is 0.